The molecule has 25 heavy (non-hydrogen) atoms. The van der Waals surface area contributed by atoms with Gasteiger partial charge in [-0.15, -0.1) is 12.4 Å². The fraction of sp³-hybridized carbons (Fsp3) is 0.579. The zero-order chi connectivity index (χ0) is 16.9. The summed E-state index contributed by atoms with van der Waals surface area (Å²) in [7, 11) is 0. The molecule has 0 radical (unpaired) electrons. The minimum absolute atomic E-state index is 0. The molecular weight excluding hydrogens is 338 g/mol. The second kappa shape index (κ2) is 9.20. The molecule has 5 nitrogen and oxygen atoms in total. The smallest absolute Gasteiger partial charge is 0.242 e. The molecule has 3 rings (SSSR count). The van der Waals surface area contributed by atoms with Crippen molar-refractivity contribution >= 4 is 24.2 Å². The van der Waals surface area contributed by atoms with E-state index in [1.54, 1.807) is 4.90 Å². The minimum Gasteiger partial charge on any atom is -0.340 e. The van der Waals surface area contributed by atoms with Gasteiger partial charge in [0.05, 0.1) is 6.54 Å². The maximum atomic E-state index is 12.7. The van der Waals surface area contributed by atoms with E-state index in [2.05, 4.69) is 12.1 Å². The Labute approximate surface area is 155 Å². The second-order valence-electron chi connectivity index (χ2n) is 6.94. The first-order valence-electron chi connectivity index (χ1n) is 8.99. The molecule has 2 amide bonds. The van der Waals surface area contributed by atoms with Crippen molar-refractivity contribution in [3.05, 3.63) is 35.9 Å². The molecule has 0 unspecified atom stereocenters. The van der Waals surface area contributed by atoms with E-state index < -0.39 is 0 Å². The molecule has 0 bridgehead atoms. The van der Waals surface area contributed by atoms with Crippen molar-refractivity contribution in [2.24, 2.45) is 11.7 Å². The second-order valence-corrected chi connectivity index (χ2v) is 6.94. The van der Waals surface area contributed by atoms with E-state index in [4.69, 9.17) is 5.73 Å². The van der Waals surface area contributed by atoms with E-state index in [1.165, 1.54) is 5.56 Å². The number of nitrogens with two attached hydrogens (primary N) is 1. The molecule has 0 aliphatic carbocycles. The summed E-state index contributed by atoms with van der Waals surface area (Å²) in [6.07, 6.45) is 3.59. The molecule has 2 N–H and O–H groups in total. The zero-order valence-corrected chi connectivity index (χ0v) is 15.4. The summed E-state index contributed by atoms with van der Waals surface area (Å²) in [4.78, 5) is 28.4. The van der Waals surface area contributed by atoms with Crippen LogP contribution in [0.5, 0.6) is 0 Å². The van der Waals surface area contributed by atoms with Gasteiger partial charge >= 0.3 is 0 Å². The van der Waals surface area contributed by atoms with E-state index in [-0.39, 0.29) is 36.7 Å². The van der Waals surface area contributed by atoms with Crippen molar-refractivity contribution in [2.45, 2.75) is 31.6 Å². The number of hydrogen-bond donors (Lipinski definition) is 1. The minimum atomic E-state index is 0. The van der Waals surface area contributed by atoms with Crippen LogP contribution in [0.15, 0.2) is 30.3 Å². The summed E-state index contributed by atoms with van der Waals surface area (Å²) in [5, 5.41) is 0. The Morgan fingerprint density at radius 3 is 2.60 bits per heavy atom. The van der Waals surface area contributed by atoms with Gasteiger partial charge in [0.2, 0.25) is 11.8 Å². The molecule has 138 valence electrons. The predicted octanol–water partition coefficient (Wildman–Crippen LogP) is 2.01. The number of rotatable bonds is 4. The number of amides is 2. The van der Waals surface area contributed by atoms with Crippen LogP contribution in [0.1, 0.15) is 37.2 Å². The van der Waals surface area contributed by atoms with Gasteiger partial charge in [-0.3, -0.25) is 9.59 Å². The van der Waals surface area contributed by atoms with Gasteiger partial charge in [0.15, 0.2) is 0 Å². The number of carbonyl (C=O) groups excluding carboxylic acids is 2. The SMILES string of the molecule is Cl.NC[C@@H]1CN(C(=O)CN2CCCCCC2=O)C[C@H]1c1ccccc1. The summed E-state index contributed by atoms with van der Waals surface area (Å²) in [5.74, 6) is 0.758. The van der Waals surface area contributed by atoms with Crippen LogP contribution in [-0.2, 0) is 9.59 Å². The van der Waals surface area contributed by atoms with Crippen molar-refractivity contribution in [1.82, 2.24) is 9.80 Å². The number of likely N-dealkylation sites (tertiary alicyclic amines) is 2. The third-order valence-corrected chi connectivity index (χ3v) is 5.32. The van der Waals surface area contributed by atoms with Crippen LogP contribution in [0.2, 0.25) is 0 Å². The molecule has 0 spiro atoms. The van der Waals surface area contributed by atoms with Crippen molar-refractivity contribution < 1.29 is 9.59 Å². The summed E-state index contributed by atoms with van der Waals surface area (Å²) in [6.45, 7) is 2.90. The fourth-order valence-corrected chi connectivity index (χ4v) is 3.86. The Hall–Kier alpha value is -1.59. The lowest BCUT2D eigenvalue weighted by Crippen LogP contribution is -2.42. The molecule has 0 aromatic heterocycles. The lowest BCUT2D eigenvalue weighted by Gasteiger charge is -2.24. The van der Waals surface area contributed by atoms with Crippen LogP contribution in [0.4, 0.5) is 0 Å². The summed E-state index contributed by atoms with van der Waals surface area (Å²) < 4.78 is 0. The molecule has 2 fully saturated rings. The van der Waals surface area contributed by atoms with Crippen molar-refractivity contribution in [1.29, 1.82) is 0 Å². The van der Waals surface area contributed by atoms with Gasteiger partial charge in [-0.1, -0.05) is 36.8 Å². The third-order valence-electron chi connectivity index (χ3n) is 5.32. The standard InChI is InChI=1S/C19H27N3O2.ClH/c20-11-16-12-22(13-17(16)15-7-3-1-4-8-15)19(24)14-21-10-6-2-5-9-18(21)23;/h1,3-4,7-8,16-17H,2,5-6,9-14,20H2;1H/t16-,17+;/m1./s1. The van der Waals surface area contributed by atoms with Gasteiger partial charge in [-0.25, -0.2) is 0 Å². The molecule has 1 aromatic carbocycles. The Kier molecular flexibility index (Phi) is 7.26. The van der Waals surface area contributed by atoms with Gasteiger partial charge in [0.25, 0.3) is 0 Å². The number of benzene rings is 1. The highest BCUT2D eigenvalue weighted by Crippen LogP contribution is 2.32. The van der Waals surface area contributed by atoms with E-state index in [0.717, 1.165) is 19.3 Å². The Balaban J connectivity index is 0.00000225. The van der Waals surface area contributed by atoms with Gasteiger partial charge in [0, 0.05) is 32.0 Å². The van der Waals surface area contributed by atoms with Crippen LogP contribution < -0.4 is 5.73 Å². The van der Waals surface area contributed by atoms with E-state index in [0.29, 0.717) is 38.5 Å². The molecule has 2 atom stereocenters. The average molecular weight is 366 g/mol. The molecule has 1 aromatic rings. The Morgan fingerprint density at radius 1 is 1.12 bits per heavy atom. The monoisotopic (exact) mass is 365 g/mol. The highest BCUT2D eigenvalue weighted by Gasteiger charge is 2.36. The van der Waals surface area contributed by atoms with E-state index in [9.17, 15) is 9.59 Å². The molecule has 2 aliphatic rings. The van der Waals surface area contributed by atoms with E-state index in [1.807, 2.05) is 23.1 Å². The summed E-state index contributed by atoms with van der Waals surface area (Å²) in [5.41, 5.74) is 7.19. The largest absolute Gasteiger partial charge is 0.340 e. The van der Waals surface area contributed by atoms with Gasteiger partial charge in [0.1, 0.15) is 0 Å². The molecule has 2 saturated heterocycles. The summed E-state index contributed by atoms with van der Waals surface area (Å²) in [6, 6.07) is 10.3. The topological polar surface area (TPSA) is 66.6 Å². The first-order chi connectivity index (χ1) is 11.7. The highest BCUT2D eigenvalue weighted by molar-refractivity contribution is 5.85. The first-order valence-corrected chi connectivity index (χ1v) is 8.99. The first kappa shape index (κ1) is 19.7. The van der Waals surface area contributed by atoms with Crippen LogP contribution in [0.25, 0.3) is 0 Å². The van der Waals surface area contributed by atoms with Crippen molar-refractivity contribution in [3.8, 4) is 0 Å². The number of carbonyl (C=O) groups is 2. The molecule has 0 saturated carbocycles. The lowest BCUT2D eigenvalue weighted by molar-refractivity contribution is -0.139. The molecule has 2 aliphatic heterocycles. The maximum Gasteiger partial charge on any atom is 0.242 e. The molecule has 2 heterocycles. The summed E-state index contributed by atoms with van der Waals surface area (Å²) >= 11 is 0. The van der Waals surface area contributed by atoms with Crippen LogP contribution in [0.3, 0.4) is 0 Å². The van der Waals surface area contributed by atoms with Gasteiger partial charge in [-0.2, -0.15) is 0 Å². The maximum absolute atomic E-state index is 12.7. The zero-order valence-electron chi connectivity index (χ0n) is 14.6. The Morgan fingerprint density at radius 2 is 1.88 bits per heavy atom. The normalized spacial score (nSPS) is 24.0. The lowest BCUT2D eigenvalue weighted by atomic mass is 9.89. The highest BCUT2D eigenvalue weighted by atomic mass is 35.5. The molecule has 6 heteroatoms. The van der Waals surface area contributed by atoms with Crippen molar-refractivity contribution in [2.75, 3.05) is 32.7 Å². The number of hydrogen-bond acceptors (Lipinski definition) is 3. The number of halogens is 1. The van der Waals surface area contributed by atoms with Crippen LogP contribution >= 0.6 is 12.4 Å². The van der Waals surface area contributed by atoms with E-state index >= 15 is 0 Å². The van der Waals surface area contributed by atoms with Gasteiger partial charge < -0.3 is 15.5 Å². The Bertz CT molecular complexity index is 581. The molecular formula is C19H28ClN3O2. The van der Waals surface area contributed by atoms with Crippen molar-refractivity contribution in [3.63, 3.8) is 0 Å². The van der Waals surface area contributed by atoms with Crippen LogP contribution in [-0.4, -0.2) is 54.3 Å². The number of nitrogens with zero attached hydrogens (tertiary/aromatic N) is 2. The van der Waals surface area contributed by atoms with Gasteiger partial charge in [-0.05, 0) is 30.9 Å². The average Bonchev–Trinajstić information content (AvgIpc) is 2.95. The van der Waals surface area contributed by atoms with Crippen LogP contribution in [0, 0.1) is 5.92 Å². The quantitative estimate of drug-likeness (QED) is 0.887. The fourth-order valence-electron chi connectivity index (χ4n) is 3.86. The third kappa shape index (κ3) is 4.73. The predicted molar refractivity (Wildman–Crippen MR) is 101 cm³/mol.